The van der Waals surface area contributed by atoms with E-state index >= 15 is 0 Å². The fourth-order valence-electron chi connectivity index (χ4n) is 3.01. The van der Waals surface area contributed by atoms with Crippen LogP contribution in [0.4, 0.5) is 0 Å². The molecule has 1 aromatic rings. The van der Waals surface area contributed by atoms with Gasteiger partial charge in [-0.25, -0.2) is 0 Å². The molecule has 4 heteroatoms. The topological polar surface area (TPSA) is 37.5 Å². The van der Waals surface area contributed by atoms with E-state index in [1.165, 1.54) is 31.4 Å². The second kappa shape index (κ2) is 5.23. The van der Waals surface area contributed by atoms with E-state index in [0.717, 1.165) is 23.2 Å². The van der Waals surface area contributed by atoms with Crippen LogP contribution in [0.2, 0.25) is 0 Å². The predicted octanol–water partition coefficient (Wildman–Crippen LogP) is 3.90. The predicted molar refractivity (Wildman–Crippen MR) is 80.7 cm³/mol. The van der Waals surface area contributed by atoms with Crippen LogP contribution in [0.1, 0.15) is 50.2 Å². The van der Waals surface area contributed by atoms with Crippen molar-refractivity contribution in [1.29, 1.82) is 0 Å². The first-order valence-electron chi connectivity index (χ1n) is 7.17. The van der Waals surface area contributed by atoms with Gasteiger partial charge >= 0.3 is 0 Å². The van der Waals surface area contributed by atoms with Crippen LogP contribution in [-0.2, 0) is 0 Å². The van der Waals surface area contributed by atoms with E-state index in [0.29, 0.717) is 5.41 Å². The Bertz CT molecular complexity index is 474. The lowest BCUT2D eigenvalue weighted by atomic mass is 9.89. The number of aryl methyl sites for hydroxylation is 1. The Hall–Kier alpha value is -0.900. The molecule has 1 aliphatic heterocycles. The summed E-state index contributed by atoms with van der Waals surface area (Å²) in [6.07, 6.45) is 5.51. The number of hydrogen-bond acceptors (Lipinski definition) is 4. The first kappa shape index (κ1) is 13.1. The van der Waals surface area contributed by atoms with E-state index in [9.17, 15) is 0 Å². The van der Waals surface area contributed by atoms with Crippen molar-refractivity contribution in [2.45, 2.75) is 45.6 Å². The van der Waals surface area contributed by atoms with Gasteiger partial charge in [-0.3, -0.25) is 4.99 Å². The zero-order valence-corrected chi connectivity index (χ0v) is 12.6. The molecule has 1 fully saturated rings. The first-order valence-corrected chi connectivity index (χ1v) is 8.16. The van der Waals surface area contributed by atoms with Gasteiger partial charge in [0.05, 0.1) is 6.04 Å². The summed E-state index contributed by atoms with van der Waals surface area (Å²) in [5.74, 6) is 3.18. The molecule has 0 saturated heterocycles. The Kier molecular flexibility index (Phi) is 3.61. The minimum absolute atomic E-state index is 0.192. The van der Waals surface area contributed by atoms with Crippen molar-refractivity contribution in [1.82, 2.24) is 5.32 Å². The SMILES string of the molecule is Cc1ccc(C(C)NC2=NCC3(CCCC3)CS2)o1. The normalized spacial score (nSPS) is 23.4. The third kappa shape index (κ3) is 2.83. The summed E-state index contributed by atoms with van der Waals surface area (Å²) in [6, 6.07) is 4.24. The number of amidine groups is 1. The highest BCUT2D eigenvalue weighted by Gasteiger charge is 2.36. The molecule has 1 aromatic heterocycles. The number of aliphatic imine (C=N–C) groups is 1. The molecule has 1 N–H and O–H groups in total. The molecule has 1 aliphatic carbocycles. The minimum Gasteiger partial charge on any atom is -0.464 e. The Morgan fingerprint density at radius 3 is 2.74 bits per heavy atom. The van der Waals surface area contributed by atoms with Gasteiger partial charge in [-0.2, -0.15) is 0 Å². The first-order chi connectivity index (χ1) is 9.17. The van der Waals surface area contributed by atoms with E-state index in [4.69, 9.17) is 9.41 Å². The molecular weight excluding hydrogens is 256 g/mol. The number of hydrogen-bond donors (Lipinski definition) is 1. The molecule has 0 aromatic carbocycles. The fourth-order valence-corrected chi connectivity index (χ4v) is 4.25. The van der Waals surface area contributed by atoms with Crippen LogP contribution in [0.5, 0.6) is 0 Å². The van der Waals surface area contributed by atoms with Crippen molar-refractivity contribution in [2.24, 2.45) is 10.4 Å². The standard InChI is InChI=1S/C15H22N2OS/c1-11-5-6-13(18-11)12(2)17-14-16-9-15(10-19-14)7-3-4-8-15/h5-6,12H,3-4,7-10H2,1-2H3,(H,16,17). The molecule has 19 heavy (non-hydrogen) atoms. The van der Waals surface area contributed by atoms with Crippen LogP contribution in [0.25, 0.3) is 0 Å². The lowest BCUT2D eigenvalue weighted by molar-refractivity contribution is 0.357. The van der Waals surface area contributed by atoms with Crippen LogP contribution in [-0.4, -0.2) is 17.5 Å². The van der Waals surface area contributed by atoms with Gasteiger partial charge in [0.25, 0.3) is 0 Å². The quantitative estimate of drug-likeness (QED) is 0.891. The smallest absolute Gasteiger partial charge is 0.157 e. The molecule has 1 saturated carbocycles. The maximum Gasteiger partial charge on any atom is 0.157 e. The molecule has 104 valence electrons. The lowest BCUT2D eigenvalue weighted by Crippen LogP contribution is -2.34. The van der Waals surface area contributed by atoms with Gasteiger partial charge in [-0.15, -0.1) is 0 Å². The van der Waals surface area contributed by atoms with Crippen molar-refractivity contribution >= 4 is 16.9 Å². The van der Waals surface area contributed by atoms with E-state index in [1.54, 1.807) is 0 Å². The molecule has 3 rings (SSSR count). The Labute approximate surface area is 119 Å². The van der Waals surface area contributed by atoms with Crippen LogP contribution in [0, 0.1) is 12.3 Å². The summed E-state index contributed by atoms with van der Waals surface area (Å²) < 4.78 is 5.65. The number of thioether (sulfide) groups is 1. The molecule has 0 bridgehead atoms. The molecule has 2 aliphatic rings. The van der Waals surface area contributed by atoms with Gasteiger partial charge in [0, 0.05) is 12.3 Å². The van der Waals surface area contributed by atoms with Crippen molar-refractivity contribution in [2.75, 3.05) is 12.3 Å². The Balaban J connectivity index is 1.60. The second-order valence-corrected chi connectivity index (χ2v) is 6.90. The molecule has 1 spiro atoms. The molecule has 1 atom stereocenters. The zero-order chi connectivity index (χ0) is 13.3. The van der Waals surface area contributed by atoms with Crippen LogP contribution in [0.15, 0.2) is 21.5 Å². The van der Waals surface area contributed by atoms with Crippen molar-refractivity contribution < 1.29 is 4.42 Å². The largest absolute Gasteiger partial charge is 0.464 e. The molecular formula is C15H22N2OS. The number of rotatable bonds is 2. The minimum atomic E-state index is 0.192. The van der Waals surface area contributed by atoms with Gasteiger partial charge in [-0.05, 0) is 44.2 Å². The highest BCUT2D eigenvalue weighted by atomic mass is 32.2. The summed E-state index contributed by atoms with van der Waals surface area (Å²) in [7, 11) is 0. The van der Waals surface area contributed by atoms with Gasteiger partial charge < -0.3 is 9.73 Å². The van der Waals surface area contributed by atoms with Crippen molar-refractivity contribution in [3.8, 4) is 0 Å². The monoisotopic (exact) mass is 278 g/mol. The number of furan rings is 1. The highest BCUT2D eigenvalue weighted by Crippen LogP contribution is 2.43. The zero-order valence-electron chi connectivity index (χ0n) is 11.7. The van der Waals surface area contributed by atoms with E-state index in [2.05, 4.69) is 12.2 Å². The maximum atomic E-state index is 5.65. The fraction of sp³-hybridized carbons (Fsp3) is 0.667. The van der Waals surface area contributed by atoms with E-state index in [1.807, 2.05) is 30.8 Å². The lowest BCUT2D eigenvalue weighted by Gasteiger charge is -2.31. The number of nitrogens with zero attached hydrogens (tertiary/aromatic N) is 1. The molecule has 1 unspecified atom stereocenters. The van der Waals surface area contributed by atoms with Gasteiger partial charge in [0.2, 0.25) is 0 Å². The van der Waals surface area contributed by atoms with Crippen LogP contribution in [0.3, 0.4) is 0 Å². The molecule has 3 nitrogen and oxygen atoms in total. The number of nitrogens with one attached hydrogen (secondary N) is 1. The molecule has 0 radical (unpaired) electrons. The molecule has 0 amide bonds. The van der Waals surface area contributed by atoms with Gasteiger partial charge in [-0.1, -0.05) is 24.6 Å². The van der Waals surface area contributed by atoms with Crippen molar-refractivity contribution in [3.63, 3.8) is 0 Å². The Morgan fingerprint density at radius 2 is 2.16 bits per heavy atom. The highest BCUT2D eigenvalue weighted by molar-refractivity contribution is 8.13. The maximum absolute atomic E-state index is 5.65. The third-order valence-electron chi connectivity index (χ3n) is 4.27. The summed E-state index contributed by atoms with van der Waals surface area (Å²) in [5, 5.41) is 4.56. The van der Waals surface area contributed by atoms with Crippen LogP contribution < -0.4 is 5.32 Å². The van der Waals surface area contributed by atoms with Gasteiger partial charge in [0.1, 0.15) is 11.5 Å². The summed E-state index contributed by atoms with van der Waals surface area (Å²) in [5.41, 5.74) is 0.514. The van der Waals surface area contributed by atoms with Crippen molar-refractivity contribution in [3.05, 3.63) is 23.7 Å². The summed E-state index contributed by atoms with van der Waals surface area (Å²) >= 11 is 1.89. The molecule has 2 heterocycles. The van der Waals surface area contributed by atoms with E-state index < -0.39 is 0 Å². The van der Waals surface area contributed by atoms with Crippen LogP contribution >= 0.6 is 11.8 Å². The summed E-state index contributed by atoms with van der Waals surface area (Å²) in [6.45, 7) is 5.11. The third-order valence-corrected chi connectivity index (χ3v) is 5.54. The Morgan fingerprint density at radius 1 is 1.37 bits per heavy atom. The average Bonchev–Trinajstić information content (AvgIpc) is 3.02. The second-order valence-electron chi connectivity index (χ2n) is 5.93. The van der Waals surface area contributed by atoms with Gasteiger partial charge in [0.15, 0.2) is 5.17 Å². The summed E-state index contributed by atoms with van der Waals surface area (Å²) in [4.78, 5) is 4.76. The average molecular weight is 278 g/mol. The van der Waals surface area contributed by atoms with E-state index in [-0.39, 0.29) is 6.04 Å².